The molecule has 0 aliphatic carbocycles. The highest BCUT2D eigenvalue weighted by atomic mass is 32.2. The number of halogens is 1. The fourth-order valence-electron chi connectivity index (χ4n) is 1.71. The molecule has 15 heavy (non-hydrogen) atoms. The maximum atomic E-state index is 12.8. The van der Waals surface area contributed by atoms with Gasteiger partial charge in [-0.1, -0.05) is 6.07 Å². The van der Waals surface area contributed by atoms with Gasteiger partial charge in [0.2, 0.25) is 0 Å². The summed E-state index contributed by atoms with van der Waals surface area (Å²) in [6.45, 7) is 3.04. The molecule has 0 radical (unpaired) electrons. The summed E-state index contributed by atoms with van der Waals surface area (Å²) in [5, 5.41) is 0. The number of nitrogens with two attached hydrogens (primary N) is 1. The number of thioether (sulfide) groups is 1. The molecule has 2 N–H and O–H groups in total. The third-order valence-electron chi connectivity index (χ3n) is 2.61. The van der Waals surface area contributed by atoms with E-state index in [1.54, 1.807) is 6.07 Å². The summed E-state index contributed by atoms with van der Waals surface area (Å²) in [4.78, 5) is 2.36. The van der Waals surface area contributed by atoms with Crippen molar-refractivity contribution in [2.45, 2.75) is 6.54 Å². The molecule has 2 rings (SSSR count). The summed E-state index contributed by atoms with van der Waals surface area (Å²) in [6.07, 6.45) is 0. The van der Waals surface area contributed by atoms with Crippen LogP contribution in [-0.4, -0.2) is 29.5 Å². The summed E-state index contributed by atoms with van der Waals surface area (Å²) in [7, 11) is 0. The minimum absolute atomic E-state index is 0.259. The van der Waals surface area contributed by atoms with Crippen molar-refractivity contribution in [1.29, 1.82) is 0 Å². The lowest BCUT2D eigenvalue weighted by atomic mass is 10.1. The molecule has 1 saturated heterocycles. The quantitative estimate of drug-likeness (QED) is 0.782. The van der Waals surface area contributed by atoms with Gasteiger partial charge >= 0.3 is 0 Å². The van der Waals surface area contributed by atoms with Crippen LogP contribution in [0.4, 0.5) is 10.1 Å². The van der Waals surface area contributed by atoms with Crippen molar-refractivity contribution in [2.24, 2.45) is 0 Å². The first-order valence-corrected chi connectivity index (χ1v) is 6.25. The number of benzene rings is 1. The van der Waals surface area contributed by atoms with E-state index in [1.165, 1.54) is 23.6 Å². The minimum atomic E-state index is -0.259. The molecule has 0 saturated carbocycles. The molecule has 0 amide bonds. The Morgan fingerprint density at radius 3 is 2.73 bits per heavy atom. The van der Waals surface area contributed by atoms with Gasteiger partial charge in [0.1, 0.15) is 5.82 Å². The van der Waals surface area contributed by atoms with Crippen LogP contribution in [0.5, 0.6) is 0 Å². The molecule has 82 valence electrons. The molecule has 0 atom stereocenters. The first-order valence-electron chi connectivity index (χ1n) is 5.10. The van der Waals surface area contributed by atoms with Gasteiger partial charge in [0, 0.05) is 36.8 Å². The predicted octanol–water partition coefficient (Wildman–Crippen LogP) is 1.96. The van der Waals surface area contributed by atoms with Crippen molar-refractivity contribution in [3.63, 3.8) is 0 Å². The van der Waals surface area contributed by atoms with Crippen LogP contribution in [-0.2, 0) is 6.54 Å². The zero-order valence-corrected chi connectivity index (χ0v) is 9.39. The highest BCUT2D eigenvalue weighted by Gasteiger charge is 2.12. The Labute approximate surface area is 93.6 Å². The van der Waals surface area contributed by atoms with Gasteiger partial charge in [0.05, 0.1) is 0 Å². The lowest BCUT2D eigenvalue weighted by molar-refractivity contribution is 0.295. The Kier molecular flexibility index (Phi) is 3.49. The van der Waals surface area contributed by atoms with E-state index in [1.807, 2.05) is 11.8 Å². The van der Waals surface area contributed by atoms with Crippen LogP contribution in [0.15, 0.2) is 18.2 Å². The summed E-state index contributed by atoms with van der Waals surface area (Å²) >= 11 is 1.98. The molecule has 1 aromatic carbocycles. The van der Waals surface area contributed by atoms with Crippen molar-refractivity contribution >= 4 is 17.4 Å². The molecule has 4 heteroatoms. The van der Waals surface area contributed by atoms with Gasteiger partial charge in [-0.25, -0.2) is 4.39 Å². The normalized spacial score (nSPS) is 17.9. The Hall–Kier alpha value is -0.740. The zero-order chi connectivity index (χ0) is 10.7. The number of rotatable bonds is 2. The third-order valence-corrected chi connectivity index (χ3v) is 3.55. The second kappa shape index (κ2) is 4.86. The molecule has 2 nitrogen and oxygen atoms in total. The van der Waals surface area contributed by atoms with Crippen LogP contribution < -0.4 is 5.73 Å². The van der Waals surface area contributed by atoms with Gasteiger partial charge < -0.3 is 5.73 Å². The molecule has 0 aromatic heterocycles. The molecule has 0 bridgehead atoms. The van der Waals surface area contributed by atoms with Crippen LogP contribution in [0.1, 0.15) is 5.56 Å². The van der Waals surface area contributed by atoms with E-state index in [4.69, 9.17) is 5.73 Å². The smallest absolute Gasteiger partial charge is 0.125 e. The van der Waals surface area contributed by atoms with E-state index in [2.05, 4.69) is 4.90 Å². The lowest BCUT2D eigenvalue weighted by Crippen LogP contribution is -2.32. The molecule has 1 fully saturated rings. The largest absolute Gasteiger partial charge is 0.398 e. The maximum absolute atomic E-state index is 12.8. The summed E-state index contributed by atoms with van der Waals surface area (Å²) in [5.41, 5.74) is 7.36. The van der Waals surface area contributed by atoms with E-state index in [9.17, 15) is 4.39 Å². The standard InChI is InChI=1S/C11H15FN2S/c12-10-2-1-9(11(13)7-10)8-14-3-5-15-6-4-14/h1-2,7H,3-6,8,13H2. The fourth-order valence-corrected chi connectivity index (χ4v) is 2.69. The average molecular weight is 226 g/mol. The van der Waals surface area contributed by atoms with Gasteiger partial charge in [0.25, 0.3) is 0 Å². The number of hydrogen-bond donors (Lipinski definition) is 1. The van der Waals surface area contributed by atoms with Crippen molar-refractivity contribution in [2.75, 3.05) is 30.3 Å². The molecule has 0 spiro atoms. The SMILES string of the molecule is Nc1cc(F)ccc1CN1CCSCC1. The van der Waals surface area contributed by atoms with Gasteiger partial charge in [-0.05, 0) is 17.7 Å². The van der Waals surface area contributed by atoms with Gasteiger partial charge in [-0.3, -0.25) is 4.90 Å². The Morgan fingerprint density at radius 2 is 2.07 bits per heavy atom. The molecular formula is C11H15FN2S. The number of hydrogen-bond acceptors (Lipinski definition) is 3. The average Bonchev–Trinajstić information content (AvgIpc) is 2.24. The van der Waals surface area contributed by atoms with Crippen LogP contribution >= 0.6 is 11.8 Å². The van der Waals surface area contributed by atoms with Gasteiger partial charge in [-0.2, -0.15) is 11.8 Å². The number of anilines is 1. The van der Waals surface area contributed by atoms with Crippen molar-refractivity contribution in [1.82, 2.24) is 4.90 Å². The van der Waals surface area contributed by atoms with E-state index in [0.29, 0.717) is 5.69 Å². The molecule has 1 heterocycles. The first-order chi connectivity index (χ1) is 7.25. The molecule has 1 aromatic rings. The van der Waals surface area contributed by atoms with E-state index >= 15 is 0 Å². The zero-order valence-electron chi connectivity index (χ0n) is 8.58. The first kappa shape index (κ1) is 10.8. The Balaban J connectivity index is 2.03. The second-order valence-electron chi connectivity index (χ2n) is 3.73. The number of nitrogens with zero attached hydrogens (tertiary/aromatic N) is 1. The minimum Gasteiger partial charge on any atom is -0.398 e. The summed E-state index contributed by atoms with van der Waals surface area (Å²) in [5.74, 6) is 2.10. The highest BCUT2D eigenvalue weighted by Crippen LogP contribution is 2.18. The van der Waals surface area contributed by atoms with Crippen molar-refractivity contribution < 1.29 is 4.39 Å². The highest BCUT2D eigenvalue weighted by molar-refractivity contribution is 7.99. The second-order valence-corrected chi connectivity index (χ2v) is 4.96. The topological polar surface area (TPSA) is 29.3 Å². The maximum Gasteiger partial charge on any atom is 0.125 e. The predicted molar refractivity (Wildman–Crippen MR) is 63.4 cm³/mol. The Bertz CT molecular complexity index is 337. The van der Waals surface area contributed by atoms with Gasteiger partial charge in [-0.15, -0.1) is 0 Å². The van der Waals surface area contributed by atoms with E-state index in [0.717, 1.165) is 25.2 Å². The Morgan fingerprint density at radius 1 is 1.33 bits per heavy atom. The van der Waals surface area contributed by atoms with E-state index < -0.39 is 0 Å². The van der Waals surface area contributed by atoms with Crippen LogP contribution in [0.2, 0.25) is 0 Å². The monoisotopic (exact) mass is 226 g/mol. The molecular weight excluding hydrogens is 211 g/mol. The van der Waals surface area contributed by atoms with Crippen molar-refractivity contribution in [3.8, 4) is 0 Å². The van der Waals surface area contributed by atoms with Crippen LogP contribution in [0.3, 0.4) is 0 Å². The molecule has 0 unspecified atom stereocenters. The molecule has 1 aliphatic heterocycles. The van der Waals surface area contributed by atoms with Crippen LogP contribution in [0, 0.1) is 5.82 Å². The summed E-state index contributed by atoms with van der Waals surface area (Å²) < 4.78 is 12.8. The van der Waals surface area contributed by atoms with E-state index in [-0.39, 0.29) is 5.82 Å². The summed E-state index contributed by atoms with van der Waals surface area (Å²) in [6, 6.07) is 4.66. The third kappa shape index (κ3) is 2.86. The lowest BCUT2D eigenvalue weighted by Gasteiger charge is -2.26. The van der Waals surface area contributed by atoms with Gasteiger partial charge in [0.15, 0.2) is 0 Å². The molecule has 1 aliphatic rings. The van der Waals surface area contributed by atoms with Crippen LogP contribution in [0.25, 0.3) is 0 Å². The van der Waals surface area contributed by atoms with Crippen molar-refractivity contribution in [3.05, 3.63) is 29.6 Å². The fraction of sp³-hybridized carbons (Fsp3) is 0.455. The number of nitrogen functional groups attached to an aromatic ring is 1.